The second kappa shape index (κ2) is 5.25. The summed E-state index contributed by atoms with van der Waals surface area (Å²) in [5, 5.41) is 9.68. The first kappa shape index (κ1) is 14.3. The summed E-state index contributed by atoms with van der Waals surface area (Å²) < 4.78 is 5.36. The highest BCUT2D eigenvalue weighted by Crippen LogP contribution is 2.25. The van der Waals surface area contributed by atoms with E-state index in [0.717, 1.165) is 6.42 Å². The second-order valence-electron chi connectivity index (χ2n) is 6.31. The lowest BCUT2D eigenvalue weighted by Gasteiger charge is -2.29. The minimum Gasteiger partial charge on any atom is -0.444 e. The average Bonchev–Trinajstić information content (AvgIpc) is 2.42. The van der Waals surface area contributed by atoms with Crippen molar-refractivity contribution in [1.82, 2.24) is 4.90 Å². The number of hydrogen-bond acceptors (Lipinski definition) is 3. The molecule has 0 unspecified atom stereocenters. The van der Waals surface area contributed by atoms with Gasteiger partial charge in [0.2, 0.25) is 0 Å². The Kier molecular flexibility index (Phi) is 4.42. The molecular formula is C13H25NO3. The van der Waals surface area contributed by atoms with E-state index in [2.05, 4.69) is 13.8 Å². The van der Waals surface area contributed by atoms with E-state index < -0.39 is 11.7 Å². The number of β-amino-alcohol motifs (C(OH)–C–C–N with tert-alkyl or cyclic N) is 1. The fourth-order valence-corrected chi connectivity index (χ4v) is 2.20. The van der Waals surface area contributed by atoms with Crippen LogP contribution in [0.2, 0.25) is 0 Å². The molecule has 4 heteroatoms. The molecule has 1 N–H and O–H groups in total. The fourth-order valence-electron chi connectivity index (χ4n) is 2.20. The Hall–Kier alpha value is -0.770. The first-order valence-corrected chi connectivity index (χ1v) is 6.36. The first-order chi connectivity index (χ1) is 7.69. The molecule has 4 nitrogen and oxygen atoms in total. The molecule has 17 heavy (non-hydrogen) atoms. The first-order valence-electron chi connectivity index (χ1n) is 6.36. The van der Waals surface area contributed by atoms with Crippen molar-refractivity contribution in [3.8, 4) is 0 Å². The lowest BCUT2D eigenvalue weighted by Crippen LogP contribution is -2.40. The largest absolute Gasteiger partial charge is 0.444 e. The van der Waals surface area contributed by atoms with Crippen molar-refractivity contribution in [1.29, 1.82) is 0 Å². The van der Waals surface area contributed by atoms with Gasteiger partial charge in [-0.3, -0.25) is 0 Å². The summed E-state index contributed by atoms with van der Waals surface area (Å²) in [6, 6.07) is 0.111. The van der Waals surface area contributed by atoms with Crippen LogP contribution in [-0.4, -0.2) is 40.4 Å². The molecule has 1 aliphatic rings. The van der Waals surface area contributed by atoms with Gasteiger partial charge in [-0.1, -0.05) is 13.8 Å². The third-order valence-corrected chi connectivity index (χ3v) is 2.76. The van der Waals surface area contributed by atoms with E-state index in [1.807, 2.05) is 20.8 Å². The number of ether oxygens (including phenoxy) is 1. The standard InChI is InChI=1S/C13H25NO3/c1-9(2)6-10-7-11(15)8-14(10)12(16)17-13(3,4)5/h9-11,15H,6-8H2,1-5H3/t10-,11+/m0/s1. The predicted molar refractivity (Wildman–Crippen MR) is 66.8 cm³/mol. The van der Waals surface area contributed by atoms with Crippen molar-refractivity contribution in [2.45, 2.75) is 65.2 Å². The minimum atomic E-state index is -0.479. The molecule has 1 fully saturated rings. The maximum Gasteiger partial charge on any atom is 0.410 e. The zero-order chi connectivity index (χ0) is 13.2. The lowest BCUT2D eigenvalue weighted by molar-refractivity contribution is 0.0195. The molecule has 1 rings (SSSR count). The molecule has 0 radical (unpaired) electrons. The minimum absolute atomic E-state index is 0.111. The van der Waals surface area contributed by atoms with Gasteiger partial charge < -0.3 is 14.7 Å². The molecule has 0 aromatic carbocycles. The fraction of sp³-hybridized carbons (Fsp3) is 0.923. The van der Waals surface area contributed by atoms with Crippen molar-refractivity contribution >= 4 is 6.09 Å². The lowest BCUT2D eigenvalue weighted by atomic mass is 10.0. The molecule has 1 saturated heterocycles. The number of amides is 1. The molecule has 100 valence electrons. The Balaban J connectivity index is 2.63. The number of nitrogens with zero attached hydrogens (tertiary/aromatic N) is 1. The van der Waals surface area contributed by atoms with Crippen LogP contribution in [0.4, 0.5) is 4.79 Å². The summed E-state index contributed by atoms with van der Waals surface area (Å²) in [6.45, 7) is 10.2. The molecule has 0 aliphatic carbocycles. The summed E-state index contributed by atoms with van der Waals surface area (Å²) in [7, 11) is 0. The van der Waals surface area contributed by atoms with Crippen molar-refractivity contribution in [3.05, 3.63) is 0 Å². The van der Waals surface area contributed by atoms with Crippen LogP contribution in [-0.2, 0) is 4.74 Å². The monoisotopic (exact) mass is 243 g/mol. The van der Waals surface area contributed by atoms with E-state index in [1.165, 1.54) is 0 Å². The Morgan fingerprint density at radius 3 is 2.53 bits per heavy atom. The summed E-state index contributed by atoms with van der Waals surface area (Å²) in [6.07, 6.45) is 0.860. The molecule has 0 spiro atoms. The Morgan fingerprint density at radius 1 is 1.47 bits per heavy atom. The third-order valence-electron chi connectivity index (χ3n) is 2.76. The summed E-state index contributed by atoms with van der Waals surface area (Å²) >= 11 is 0. The number of aliphatic hydroxyl groups excluding tert-OH is 1. The summed E-state index contributed by atoms with van der Waals surface area (Å²) in [5.41, 5.74) is -0.479. The van der Waals surface area contributed by atoms with Crippen LogP contribution in [0.1, 0.15) is 47.5 Å². The van der Waals surface area contributed by atoms with Crippen LogP contribution < -0.4 is 0 Å². The molecule has 0 bridgehead atoms. The maximum atomic E-state index is 12.0. The van der Waals surface area contributed by atoms with E-state index in [1.54, 1.807) is 4.90 Å². The smallest absolute Gasteiger partial charge is 0.410 e. The molecule has 1 heterocycles. The van der Waals surface area contributed by atoms with Gasteiger partial charge in [0, 0.05) is 6.04 Å². The van der Waals surface area contributed by atoms with Crippen LogP contribution in [0, 0.1) is 5.92 Å². The molecule has 1 aliphatic heterocycles. The van der Waals surface area contributed by atoms with Crippen molar-refractivity contribution in [2.75, 3.05) is 6.54 Å². The highest BCUT2D eigenvalue weighted by Gasteiger charge is 2.36. The van der Waals surface area contributed by atoms with Gasteiger partial charge in [-0.05, 0) is 39.5 Å². The molecular weight excluding hydrogens is 218 g/mol. The van der Waals surface area contributed by atoms with Crippen LogP contribution in [0.15, 0.2) is 0 Å². The van der Waals surface area contributed by atoms with Gasteiger partial charge in [0.1, 0.15) is 5.60 Å². The summed E-state index contributed by atoms with van der Waals surface area (Å²) in [4.78, 5) is 13.7. The molecule has 0 aromatic rings. The zero-order valence-corrected chi connectivity index (χ0v) is 11.6. The SMILES string of the molecule is CC(C)C[C@H]1C[C@@H](O)CN1C(=O)OC(C)(C)C. The quantitative estimate of drug-likeness (QED) is 0.810. The normalized spacial score (nSPS) is 25.5. The van der Waals surface area contributed by atoms with Crippen LogP contribution in [0.5, 0.6) is 0 Å². The van der Waals surface area contributed by atoms with Gasteiger partial charge in [0.25, 0.3) is 0 Å². The van der Waals surface area contributed by atoms with Gasteiger partial charge in [-0.25, -0.2) is 4.79 Å². The molecule has 0 aromatic heterocycles. The Labute approximate surface area is 104 Å². The molecule has 2 atom stereocenters. The highest BCUT2D eigenvalue weighted by molar-refractivity contribution is 5.69. The summed E-state index contributed by atoms with van der Waals surface area (Å²) in [5.74, 6) is 0.509. The van der Waals surface area contributed by atoms with E-state index in [4.69, 9.17) is 4.74 Å². The Bertz CT molecular complexity index is 270. The highest BCUT2D eigenvalue weighted by atomic mass is 16.6. The predicted octanol–water partition coefficient (Wildman–Crippen LogP) is 2.40. The van der Waals surface area contributed by atoms with E-state index >= 15 is 0 Å². The number of carbonyl (C=O) groups excluding carboxylic acids is 1. The number of likely N-dealkylation sites (tertiary alicyclic amines) is 1. The van der Waals surface area contributed by atoms with Crippen molar-refractivity contribution < 1.29 is 14.6 Å². The average molecular weight is 243 g/mol. The van der Waals surface area contributed by atoms with Gasteiger partial charge in [-0.15, -0.1) is 0 Å². The van der Waals surface area contributed by atoms with Crippen LogP contribution in [0.25, 0.3) is 0 Å². The van der Waals surface area contributed by atoms with Crippen molar-refractivity contribution in [3.63, 3.8) is 0 Å². The molecule has 1 amide bonds. The topological polar surface area (TPSA) is 49.8 Å². The van der Waals surface area contributed by atoms with Crippen LogP contribution in [0.3, 0.4) is 0 Å². The number of hydrogen-bond donors (Lipinski definition) is 1. The van der Waals surface area contributed by atoms with Crippen molar-refractivity contribution in [2.24, 2.45) is 5.92 Å². The van der Waals surface area contributed by atoms with Gasteiger partial charge in [0.15, 0.2) is 0 Å². The molecule has 0 saturated carbocycles. The van der Waals surface area contributed by atoms with E-state index in [9.17, 15) is 9.90 Å². The zero-order valence-electron chi connectivity index (χ0n) is 11.6. The Morgan fingerprint density at radius 2 is 2.06 bits per heavy atom. The maximum absolute atomic E-state index is 12.0. The van der Waals surface area contributed by atoms with E-state index in [-0.39, 0.29) is 12.1 Å². The van der Waals surface area contributed by atoms with Gasteiger partial charge in [-0.2, -0.15) is 0 Å². The van der Waals surface area contributed by atoms with E-state index in [0.29, 0.717) is 18.9 Å². The number of carbonyl (C=O) groups is 1. The third kappa shape index (κ3) is 4.54. The van der Waals surface area contributed by atoms with Gasteiger partial charge >= 0.3 is 6.09 Å². The van der Waals surface area contributed by atoms with Gasteiger partial charge in [0.05, 0.1) is 12.6 Å². The second-order valence-corrected chi connectivity index (χ2v) is 6.31. The van der Waals surface area contributed by atoms with Crippen LogP contribution >= 0.6 is 0 Å². The number of aliphatic hydroxyl groups is 1. The number of rotatable bonds is 2.